The topological polar surface area (TPSA) is 61.8 Å². The standard InChI is InChI=1S/C13H14F4N2O3/c1-7-4-8(19-9(6-20)5-18-12(19)21)2-3-10(7)22-13(16,17)11(14)15/h2-4,9,11,20H,5-6H2,1H3,(H,18,21). The molecule has 1 aromatic carbocycles. The van der Waals surface area contributed by atoms with Crippen molar-refractivity contribution in [3.05, 3.63) is 23.8 Å². The Morgan fingerprint density at radius 1 is 1.50 bits per heavy atom. The first-order valence-corrected chi connectivity index (χ1v) is 6.40. The fraction of sp³-hybridized carbons (Fsp3) is 0.462. The van der Waals surface area contributed by atoms with E-state index < -0.39 is 30.4 Å². The van der Waals surface area contributed by atoms with Gasteiger partial charge in [0.25, 0.3) is 0 Å². The normalized spacial score (nSPS) is 18.8. The summed E-state index contributed by atoms with van der Waals surface area (Å²) in [6.07, 6.45) is -8.54. The highest BCUT2D eigenvalue weighted by Crippen LogP contribution is 2.32. The van der Waals surface area contributed by atoms with E-state index in [-0.39, 0.29) is 18.7 Å². The zero-order valence-electron chi connectivity index (χ0n) is 11.5. The first-order valence-electron chi connectivity index (χ1n) is 6.40. The summed E-state index contributed by atoms with van der Waals surface area (Å²) < 4.78 is 54.1. The van der Waals surface area contributed by atoms with Crippen LogP contribution in [0.15, 0.2) is 18.2 Å². The van der Waals surface area contributed by atoms with Gasteiger partial charge in [0, 0.05) is 12.2 Å². The van der Waals surface area contributed by atoms with Gasteiger partial charge in [-0.1, -0.05) is 0 Å². The molecular weight excluding hydrogens is 308 g/mol. The van der Waals surface area contributed by atoms with Crippen LogP contribution in [0.3, 0.4) is 0 Å². The quantitative estimate of drug-likeness (QED) is 0.817. The number of urea groups is 1. The van der Waals surface area contributed by atoms with E-state index in [0.29, 0.717) is 5.69 Å². The van der Waals surface area contributed by atoms with Gasteiger partial charge in [-0.15, -0.1) is 0 Å². The van der Waals surface area contributed by atoms with Crippen LogP contribution in [0.5, 0.6) is 5.75 Å². The van der Waals surface area contributed by atoms with Gasteiger partial charge in [-0.2, -0.15) is 17.6 Å². The molecule has 9 heteroatoms. The molecule has 0 radical (unpaired) electrons. The number of amides is 2. The van der Waals surface area contributed by atoms with Crippen molar-refractivity contribution in [2.75, 3.05) is 18.1 Å². The molecule has 0 aromatic heterocycles. The molecule has 1 aliphatic heterocycles. The SMILES string of the molecule is Cc1cc(N2C(=O)NCC2CO)ccc1OC(F)(F)C(F)F. The summed E-state index contributed by atoms with van der Waals surface area (Å²) in [4.78, 5) is 13.0. The minimum absolute atomic E-state index is 0.161. The summed E-state index contributed by atoms with van der Waals surface area (Å²) in [6.45, 7) is 1.36. The minimum atomic E-state index is -4.59. The number of anilines is 1. The lowest BCUT2D eigenvalue weighted by Gasteiger charge is -2.23. The van der Waals surface area contributed by atoms with Gasteiger partial charge in [0.15, 0.2) is 0 Å². The second-order valence-corrected chi connectivity index (χ2v) is 4.81. The van der Waals surface area contributed by atoms with Gasteiger partial charge in [-0.3, -0.25) is 4.90 Å². The maximum atomic E-state index is 12.9. The molecule has 0 saturated carbocycles. The van der Waals surface area contributed by atoms with E-state index in [9.17, 15) is 27.5 Å². The predicted molar refractivity (Wildman–Crippen MR) is 69.5 cm³/mol. The molecule has 2 amide bonds. The highest BCUT2D eigenvalue weighted by Gasteiger charge is 2.44. The van der Waals surface area contributed by atoms with Gasteiger partial charge >= 0.3 is 18.6 Å². The Labute approximate surface area is 123 Å². The smallest absolute Gasteiger partial charge is 0.428 e. The molecule has 1 unspecified atom stereocenters. The Kier molecular flexibility index (Phi) is 4.45. The number of carbonyl (C=O) groups is 1. The van der Waals surface area contributed by atoms with Crippen molar-refractivity contribution in [2.45, 2.75) is 25.5 Å². The number of nitrogens with zero attached hydrogens (tertiary/aromatic N) is 1. The van der Waals surface area contributed by atoms with Gasteiger partial charge in [-0.05, 0) is 30.7 Å². The van der Waals surface area contributed by atoms with E-state index in [1.165, 1.54) is 24.0 Å². The molecule has 1 aromatic rings. The van der Waals surface area contributed by atoms with E-state index in [2.05, 4.69) is 10.1 Å². The summed E-state index contributed by atoms with van der Waals surface area (Å²) in [5.74, 6) is -0.408. The predicted octanol–water partition coefficient (Wildman–Crippen LogP) is 2.12. The number of halogens is 4. The number of benzene rings is 1. The van der Waals surface area contributed by atoms with Crippen LogP contribution >= 0.6 is 0 Å². The van der Waals surface area contributed by atoms with E-state index in [0.717, 1.165) is 6.07 Å². The van der Waals surface area contributed by atoms with E-state index >= 15 is 0 Å². The molecular formula is C13H14F4N2O3. The van der Waals surface area contributed by atoms with Gasteiger partial charge in [0.2, 0.25) is 0 Å². The van der Waals surface area contributed by atoms with Crippen LogP contribution in [0.1, 0.15) is 5.56 Å². The van der Waals surface area contributed by atoms with Crippen molar-refractivity contribution in [3.63, 3.8) is 0 Å². The van der Waals surface area contributed by atoms with E-state index in [1.807, 2.05) is 0 Å². The fourth-order valence-electron chi connectivity index (χ4n) is 2.11. The zero-order valence-corrected chi connectivity index (χ0v) is 11.5. The minimum Gasteiger partial charge on any atom is -0.428 e. The third-order valence-corrected chi connectivity index (χ3v) is 3.22. The Bertz CT molecular complexity index is 568. The average Bonchev–Trinajstić information content (AvgIpc) is 2.82. The van der Waals surface area contributed by atoms with Crippen LogP contribution in [-0.4, -0.2) is 42.9 Å². The van der Waals surface area contributed by atoms with Crippen LogP contribution in [-0.2, 0) is 0 Å². The maximum Gasteiger partial charge on any atom is 0.461 e. The lowest BCUT2D eigenvalue weighted by molar-refractivity contribution is -0.253. The summed E-state index contributed by atoms with van der Waals surface area (Å²) in [5.41, 5.74) is 0.508. The van der Waals surface area contributed by atoms with Crippen LogP contribution < -0.4 is 15.0 Å². The number of nitrogens with one attached hydrogen (secondary N) is 1. The molecule has 2 rings (SSSR count). The van der Waals surface area contributed by atoms with Gasteiger partial charge in [0.1, 0.15) is 5.75 Å². The number of aliphatic hydroxyl groups excluding tert-OH is 1. The molecule has 22 heavy (non-hydrogen) atoms. The summed E-state index contributed by atoms with van der Waals surface area (Å²) in [6, 6.07) is 2.80. The number of ether oxygens (including phenoxy) is 1. The molecule has 5 nitrogen and oxygen atoms in total. The van der Waals surface area contributed by atoms with Crippen molar-refractivity contribution in [1.82, 2.24) is 5.32 Å². The third kappa shape index (κ3) is 3.08. The van der Waals surface area contributed by atoms with Crippen molar-refractivity contribution in [3.8, 4) is 5.75 Å². The first-order chi connectivity index (χ1) is 10.3. The summed E-state index contributed by atoms with van der Waals surface area (Å²) in [5, 5.41) is 11.7. The number of alkyl halides is 4. The maximum absolute atomic E-state index is 12.9. The number of hydrogen-bond acceptors (Lipinski definition) is 3. The van der Waals surface area contributed by atoms with Gasteiger partial charge in [-0.25, -0.2) is 4.79 Å². The van der Waals surface area contributed by atoms with E-state index in [4.69, 9.17) is 0 Å². The fourth-order valence-corrected chi connectivity index (χ4v) is 2.11. The molecule has 0 aliphatic carbocycles. The number of hydrogen-bond donors (Lipinski definition) is 2. The molecule has 122 valence electrons. The lowest BCUT2D eigenvalue weighted by atomic mass is 10.1. The molecule has 1 aliphatic rings. The van der Waals surface area contributed by atoms with Crippen LogP contribution in [0.2, 0.25) is 0 Å². The summed E-state index contributed by atoms with van der Waals surface area (Å²) in [7, 11) is 0. The third-order valence-electron chi connectivity index (χ3n) is 3.22. The molecule has 2 N–H and O–H groups in total. The molecule has 0 spiro atoms. The molecule has 1 heterocycles. The van der Waals surface area contributed by atoms with Crippen molar-refractivity contribution in [2.24, 2.45) is 0 Å². The molecule has 1 saturated heterocycles. The Hall–Kier alpha value is -2.03. The van der Waals surface area contributed by atoms with Crippen molar-refractivity contribution >= 4 is 11.7 Å². The Balaban J connectivity index is 2.25. The van der Waals surface area contributed by atoms with Crippen molar-refractivity contribution in [1.29, 1.82) is 0 Å². The molecule has 1 atom stereocenters. The van der Waals surface area contributed by atoms with Gasteiger partial charge < -0.3 is 15.2 Å². The molecule has 0 bridgehead atoms. The second-order valence-electron chi connectivity index (χ2n) is 4.81. The van der Waals surface area contributed by atoms with Crippen LogP contribution in [0.4, 0.5) is 28.0 Å². The Morgan fingerprint density at radius 2 is 2.18 bits per heavy atom. The number of aryl methyl sites for hydroxylation is 1. The number of rotatable bonds is 5. The van der Waals surface area contributed by atoms with Gasteiger partial charge in [0.05, 0.1) is 12.6 Å². The average molecular weight is 322 g/mol. The van der Waals surface area contributed by atoms with Crippen LogP contribution in [0, 0.1) is 6.92 Å². The Morgan fingerprint density at radius 3 is 2.73 bits per heavy atom. The number of aliphatic hydroxyl groups is 1. The summed E-state index contributed by atoms with van der Waals surface area (Å²) >= 11 is 0. The van der Waals surface area contributed by atoms with Crippen LogP contribution in [0.25, 0.3) is 0 Å². The van der Waals surface area contributed by atoms with Crippen molar-refractivity contribution < 1.29 is 32.2 Å². The number of carbonyl (C=O) groups excluding carboxylic acids is 1. The highest BCUT2D eigenvalue weighted by atomic mass is 19.3. The lowest BCUT2D eigenvalue weighted by Crippen LogP contribution is -2.36. The second kappa shape index (κ2) is 5.99. The largest absolute Gasteiger partial charge is 0.461 e. The monoisotopic (exact) mass is 322 g/mol. The first kappa shape index (κ1) is 16.3. The highest BCUT2D eigenvalue weighted by molar-refractivity contribution is 5.95. The zero-order chi connectivity index (χ0) is 16.5. The molecule has 1 fully saturated rings. The van der Waals surface area contributed by atoms with E-state index in [1.54, 1.807) is 0 Å².